The van der Waals surface area contributed by atoms with Crippen molar-refractivity contribution in [1.82, 2.24) is 5.32 Å². The first kappa shape index (κ1) is 14.6. The number of nitrogens with one attached hydrogen (secondary N) is 1. The molecule has 3 nitrogen and oxygen atoms in total. The van der Waals surface area contributed by atoms with Gasteiger partial charge in [-0.1, -0.05) is 26.0 Å². The first-order chi connectivity index (χ1) is 9.13. The van der Waals surface area contributed by atoms with E-state index in [1.807, 2.05) is 0 Å². The van der Waals surface area contributed by atoms with Gasteiger partial charge >= 0.3 is 12.3 Å². The molecule has 1 fully saturated rings. The monoisotopic (exact) mass is 291 g/mol. The lowest BCUT2D eigenvalue weighted by Crippen LogP contribution is -2.47. The first-order valence-corrected chi connectivity index (χ1v) is 5.92. The number of carbonyl (C=O) groups excluding carboxylic acids is 1. The third kappa shape index (κ3) is 2.57. The van der Waals surface area contributed by atoms with Crippen LogP contribution < -0.4 is 5.32 Å². The fraction of sp³-hybridized carbons (Fsp3) is 0.462. The van der Waals surface area contributed by atoms with E-state index in [-0.39, 0.29) is 12.2 Å². The molecule has 0 unspecified atom stereocenters. The van der Waals surface area contributed by atoms with Gasteiger partial charge in [0.1, 0.15) is 12.4 Å². The maximum Gasteiger partial charge on any atom is 0.419 e. The summed E-state index contributed by atoms with van der Waals surface area (Å²) in [4.78, 5) is 11.3. The van der Waals surface area contributed by atoms with E-state index in [0.29, 0.717) is 0 Å². The Bertz CT molecular complexity index is 540. The molecule has 20 heavy (non-hydrogen) atoms. The molecule has 110 valence electrons. The van der Waals surface area contributed by atoms with Gasteiger partial charge in [0.05, 0.1) is 11.6 Å². The SMILES string of the molecule is CC1(C)COC(=O)N[C@H]1c1cccc(F)c1C(F)(F)F. The van der Waals surface area contributed by atoms with Gasteiger partial charge in [0, 0.05) is 5.41 Å². The van der Waals surface area contributed by atoms with Crippen LogP contribution in [0.1, 0.15) is 31.0 Å². The molecule has 0 saturated carbocycles. The van der Waals surface area contributed by atoms with Crippen LogP contribution in [0.5, 0.6) is 0 Å². The van der Waals surface area contributed by atoms with Gasteiger partial charge in [-0.05, 0) is 11.6 Å². The summed E-state index contributed by atoms with van der Waals surface area (Å²) in [5.74, 6) is -1.36. The van der Waals surface area contributed by atoms with E-state index in [2.05, 4.69) is 5.32 Å². The van der Waals surface area contributed by atoms with Gasteiger partial charge in [-0.3, -0.25) is 0 Å². The van der Waals surface area contributed by atoms with E-state index in [4.69, 9.17) is 4.74 Å². The van der Waals surface area contributed by atoms with Crippen LogP contribution in [0.2, 0.25) is 0 Å². The zero-order valence-corrected chi connectivity index (χ0v) is 10.8. The van der Waals surface area contributed by atoms with Crippen LogP contribution in [0.4, 0.5) is 22.4 Å². The van der Waals surface area contributed by atoms with Gasteiger partial charge in [0.2, 0.25) is 0 Å². The Labute approximate surface area is 112 Å². The van der Waals surface area contributed by atoms with Crippen LogP contribution in [0.25, 0.3) is 0 Å². The fourth-order valence-electron chi connectivity index (χ4n) is 2.27. The van der Waals surface area contributed by atoms with Gasteiger partial charge in [0.25, 0.3) is 0 Å². The number of ether oxygens (including phenoxy) is 1. The molecule has 0 aliphatic carbocycles. The number of alkyl halides is 3. The van der Waals surface area contributed by atoms with Gasteiger partial charge in [0.15, 0.2) is 0 Å². The standard InChI is InChI=1S/C13H13F4NO2/c1-12(2)6-20-11(19)18-10(12)7-4-3-5-8(14)9(7)13(15,16)17/h3-5,10H,6H2,1-2H3,(H,18,19)/t10-/m0/s1. The molecule has 1 heterocycles. The summed E-state index contributed by atoms with van der Waals surface area (Å²) in [6.07, 6.45) is -5.65. The molecular formula is C13H13F4NO2. The molecule has 7 heteroatoms. The third-order valence-electron chi connectivity index (χ3n) is 3.26. The molecule has 1 amide bonds. The average Bonchev–Trinajstić information content (AvgIpc) is 2.30. The Morgan fingerprint density at radius 2 is 2.00 bits per heavy atom. The predicted octanol–water partition coefficient (Wildman–Crippen LogP) is 3.65. The van der Waals surface area contributed by atoms with Crippen LogP contribution in [0, 0.1) is 11.2 Å². The van der Waals surface area contributed by atoms with Gasteiger partial charge in [-0.2, -0.15) is 13.2 Å². The topological polar surface area (TPSA) is 38.3 Å². The van der Waals surface area contributed by atoms with E-state index in [1.54, 1.807) is 13.8 Å². The lowest BCUT2D eigenvalue weighted by molar-refractivity contribution is -0.141. The van der Waals surface area contributed by atoms with Crippen molar-refractivity contribution in [2.24, 2.45) is 5.41 Å². The molecule has 0 bridgehead atoms. The molecule has 0 radical (unpaired) electrons. The summed E-state index contributed by atoms with van der Waals surface area (Å²) >= 11 is 0. The molecule has 0 spiro atoms. The summed E-state index contributed by atoms with van der Waals surface area (Å²) < 4.78 is 57.4. The van der Waals surface area contributed by atoms with Crippen molar-refractivity contribution in [1.29, 1.82) is 0 Å². The minimum absolute atomic E-state index is 0.0443. The fourth-order valence-corrected chi connectivity index (χ4v) is 2.27. The van der Waals surface area contributed by atoms with Crippen LogP contribution in [0.15, 0.2) is 18.2 Å². The number of carbonyl (C=O) groups is 1. The van der Waals surface area contributed by atoms with Crippen LogP contribution >= 0.6 is 0 Å². The number of hydrogen-bond acceptors (Lipinski definition) is 2. The number of cyclic esters (lactones) is 1. The van der Waals surface area contributed by atoms with E-state index in [9.17, 15) is 22.4 Å². The molecule has 1 aliphatic rings. The molecule has 1 N–H and O–H groups in total. The normalized spacial score (nSPS) is 22.1. The van der Waals surface area contributed by atoms with Crippen molar-refractivity contribution in [2.45, 2.75) is 26.1 Å². The number of rotatable bonds is 1. The lowest BCUT2D eigenvalue weighted by Gasteiger charge is -2.39. The van der Waals surface area contributed by atoms with Gasteiger partial charge in [-0.25, -0.2) is 9.18 Å². The van der Waals surface area contributed by atoms with Crippen molar-refractivity contribution in [3.05, 3.63) is 35.1 Å². The number of hydrogen-bond donors (Lipinski definition) is 1. The van der Waals surface area contributed by atoms with Gasteiger partial charge in [-0.15, -0.1) is 0 Å². The van der Waals surface area contributed by atoms with Gasteiger partial charge < -0.3 is 10.1 Å². The molecule has 1 aromatic carbocycles. The minimum atomic E-state index is -4.83. The number of halogens is 4. The number of alkyl carbamates (subject to hydrolysis) is 1. The van der Waals surface area contributed by atoms with Crippen LogP contribution in [0.3, 0.4) is 0 Å². The van der Waals surface area contributed by atoms with Crippen molar-refractivity contribution in [2.75, 3.05) is 6.61 Å². The maximum absolute atomic E-state index is 13.6. The van der Waals surface area contributed by atoms with Crippen molar-refractivity contribution in [3.63, 3.8) is 0 Å². The quantitative estimate of drug-likeness (QED) is 0.802. The zero-order chi connectivity index (χ0) is 15.1. The van der Waals surface area contributed by atoms with Crippen molar-refractivity contribution in [3.8, 4) is 0 Å². The Hall–Kier alpha value is -1.79. The first-order valence-electron chi connectivity index (χ1n) is 5.92. The smallest absolute Gasteiger partial charge is 0.419 e. The molecule has 1 aromatic rings. The largest absolute Gasteiger partial charge is 0.449 e. The molecule has 1 saturated heterocycles. The van der Waals surface area contributed by atoms with E-state index < -0.39 is 35.1 Å². The second-order valence-corrected chi connectivity index (χ2v) is 5.34. The molecule has 0 aromatic heterocycles. The Morgan fingerprint density at radius 1 is 1.35 bits per heavy atom. The Balaban J connectivity index is 2.57. The van der Waals surface area contributed by atoms with E-state index in [0.717, 1.165) is 6.07 Å². The molecular weight excluding hydrogens is 278 g/mol. The highest BCUT2D eigenvalue weighted by atomic mass is 19.4. The average molecular weight is 291 g/mol. The number of benzene rings is 1. The Kier molecular flexibility index (Phi) is 3.39. The van der Waals surface area contributed by atoms with Crippen molar-refractivity contribution >= 4 is 6.09 Å². The second kappa shape index (κ2) is 4.64. The summed E-state index contributed by atoms with van der Waals surface area (Å²) in [7, 11) is 0. The summed E-state index contributed by atoms with van der Waals surface area (Å²) in [6.45, 7) is 3.24. The number of amides is 1. The minimum Gasteiger partial charge on any atom is -0.449 e. The second-order valence-electron chi connectivity index (χ2n) is 5.34. The predicted molar refractivity (Wildman–Crippen MR) is 62.4 cm³/mol. The molecule has 2 rings (SSSR count). The summed E-state index contributed by atoms with van der Waals surface area (Å²) in [6, 6.07) is 2.14. The highest BCUT2D eigenvalue weighted by Gasteiger charge is 2.44. The Morgan fingerprint density at radius 3 is 2.60 bits per heavy atom. The maximum atomic E-state index is 13.6. The van der Waals surface area contributed by atoms with Crippen molar-refractivity contribution < 1.29 is 27.1 Å². The summed E-state index contributed by atoms with van der Waals surface area (Å²) in [5, 5.41) is 2.33. The highest BCUT2D eigenvalue weighted by molar-refractivity contribution is 5.69. The molecule has 1 atom stereocenters. The van der Waals surface area contributed by atoms with E-state index >= 15 is 0 Å². The van der Waals surface area contributed by atoms with E-state index in [1.165, 1.54) is 12.1 Å². The summed E-state index contributed by atoms with van der Waals surface area (Å²) in [5.41, 5.74) is -2.43. The highest BCUT2D eigenvalue weighted by Crippen LogP contribution is 2.43. The third-order valence-corrected chi connectivity index (χ3v) is 3.26. The van der Waals surface area contributed by atoms with Crippen LogP contribution in [-0.4, -0.2) is 12.7 Å². The lowest BCUT2D eigenvalue weighted by atomic mass is 9.78. The van der Waals surface area contributed by atoms with Crippen LogP contribution in [-0.2, 0) is 10.9 Å². The zero-order valence-electron chi connectivity index (χ0n) is 10.8. The molecule has 1 aliphatic heterocycles.